The molecule has 0 spiro atoms. The first-order valence-electron chi connectivity index (χ1n) is 33.6. The Morgan fingerprint density at radius 2 is 0.674 bits per heavy atom. The van der Waals surface area contributed by atoms with Crippen molar-refractivity contribution in [1.29, 1.82) is 0 Å². The second-order valence-electron chi connectivity index (χ2n) is 24.8. The molecule has 95 heavy (non-hydrogen) atoms. The molecule has 0 radical (unpaired) electrons. The van der Waals surface area contributed by atoms with Crippen LogP contribution in [0, 0.1) is 17.8 Å². The summed E-state index contributed by atoms with van der Waals surface area (Å²) in [5, 5.41) is 104. The SMILES string of the molecule is C.C.C.CC(C)OCCCNC(=O)CCCC(=O)NC(COCCC(=O)NCCCCCCO[C@@H]1OC(CO)[C@H](O)[C@H](O)C1C)(COCCC(=O)NCCCCCCO[C@@H]1OC(CO)[C@H](O)[C@H](O)C1C)COCCC(=O)NCCCCCCO[C@@H]1OC(CO)[C@H](O)[C@H](O)C1C. The summed E-state index contributed by atoms with van der Waals surface area (Å²) >= 11 is 0. The highest BCUT2D eigenvalue weighted by molar-refractivity contribution is 5.79. The Hall–Kier alpha value is -3.41. The summed E-state index contributed by atoms with van der Waals surface area (Å²) in [6, 6.07) is 0. The molecule has 562 valence electrons. The number of amides is 5. The fourth-order valence-electron chi connectivity index (χ4n) is 10.5. The molecule has 0 bridgehead atoms. The van der Waals surface area contributed by atoms with Crippen molar-refractivity contribution in [3.05, 3.63) is 0 Å². The van der Waals surface area contributed by atoms with Gasteiger partial charge in [0.15, 0.2) is 18.9 Å². The largest absolute Gasteiger partial charge is 0.394 e. The van der Waals surface area contributed by atoms with Crippen molar-refractivity contribution in [2.24, 2.45) is 17.8 Å². The number of hydrogen-bond donors (Lipinski definition) is 14. The fraction of sp³-hybridized carbons (Fsp3) is 0.924. The van der Waals surface area contributed by atoms with Crippen molar-refractivity contribution >= 4 is 29.5 Å². The Balaban J connectivity index is 0.0000295. The second-order valence-corrected chi connectivity index (χ2v) is 24.8. The molecule has 5 amide bonds. The Labute approximate surface area is 565 Å². The molecular weight excluding hydrogens is 1250 g/mol. The number of ether oxygens (including phenoxy) is 10. The van der Waals surface area contributed by atoms with Crippen LogP contribution in [0.25, 0.3) is 0 Å². The normalized spacial score (nSPS) is 26.5. The maximum absolute atomic E-state index is 13.8. The van der Waals surface area contributed by atoms with Crippen LogP contribution >= 0.6 is 0 Å². The number of nitrogens with one attached hydrogen (secondary N) is 5. The molecule has 15 atom stereocenters. The van der Waals surface area contributed by atoms with Crippen LogP contribution in [0.4, 0.5) is 0 Å². The van der Waals surface area contributed by atoms with Gasteiger partial charge in [-0.1, -0.05) is 81.6 Å². The summed E-state index contributed by atoms with van der Waals surface area (Å²) in [5.41, 5.74) is -1.37. The molecule has 0 aliphatic carbocycles. The number of carbonyl (C=O) groups is 5. The van der Waals surface area contributed by atoms with Crippen molar-refractivity contribution in [1.82, 2.24) is 26.6 Å². The van der Waals surface area contributed by atoms with Gasteiger partial charge in [0.1, 0.15) is 42.2 Å². The molecule has 3 saturated heterocycles. The van der Waals surface area contributed by atoms with E-state index < -0.39 is 123 Å². The lowest BCUT2D eigenvalue weighted by Gasteiger charge is -2.40. The van der Waals surface area contributed by atoms with E-state index in [0.717, 1.165) is 38.5 Å². The zero-order chi connectivity index (χ0) is 67.7. The molecule has 3 fully saturated rings. The first-order chi connectivity index (χ1) is 44.2. The van der Waals surface area contributed by atoms with E-state index in [1.165, 1.54) is 0 Å². The summed E-state index contributed by atoms with van der Waals surface area (Å²) in [7, 11) is 0. The van der Waals surface area contributed by atoms with Gasteiger partial charge in [-0.15, -0.1) is 0 Å². The topological polar surface area (TPSA) is 420 Å². The van der Waals surface area contributed by atoms with Gasteiger partial charge in [0.25, 0.3) is 0 Å². The van der Waals surface area contributed by atoms with E-state index in [1.807, 2.05) is 13.8 Å². The van der Waals surface area contributed by atoms with Crippen LogP contribution in [0.1, 0.15) is 179 Å². The van der Waals surface area contributed by atoms with Gasteiger partial charge in [-0.2, -0.15) is 0 Å². The van der Waals surface area contributed by atoms with Gasteiger partial charge < -0.3 is 120 Å². The van der Waals surface area contributed by atoms with E-state index in [0.29, 0.717) is 97.6 Å². The molecule has 0 aromatic carbocycles. The quantitative estimate of drug-likeness (QED) is 0.0383. The molecule has 0 aromatic rings. The van der Waals surface area contributed by atoms with Gasteiger partial charge in [0, 0.05) is 102 Å². The van der Waals surface area contributed by atoms with Crippen LogP contribution in [0.3, 0.4) is 0 Å². The highest BCUT2D eigenvalue weighted by atomic mass is 16.7. The van der Waals surface area contributed by atoms with Crippen molar-refractivity contribution in [3.63, 3.8) is 0 Å². The van der Waals surface area contributed by atoms with E-state index in [1.54, 1.807) is 20.8 Å². The molecule has 29 heteroatoms. The van der Waals surface area contributed by atoms with Gasteiger partial charge in [-0.25, -0.2) is 0 Å². The van der Waals surface area contributed by atoms with E-state index in [9.17, 15) is 69.9 Å². The van der Waals surface area contributed by atoms with Gasteiger partial charge in [0.2, 0.25) is 29.5 Å². The number of rotatable bonds is 52. The molecule has 0 aromatic heterocycles. The first kappa shape index (κ1) is 91.6. The number of carbonyl (C=O) groups excluding carboxylic acids is 5. The standard InChI is InChI=1S/C63H117N5O24.3CH4/c1-42(2)86-32-19-28-67-49(72)20-18-21-53(76)68-63(39-83-33-22-50(73)64-25-12-6-9-15-29-87-60-43(3)54(77)57(80)46(36-69)90-60,40-84-34-23-51(74)65-26-13-7-10-16-30-88-61-44(4)55(78)58(81)47(37-70)91-61)41-85-35-24-52(75)66-27-14-8-11-17-31-89-62-45(5)56(79)59(82)48(38-71)92-62;;;/h42-48,54-62,69-71,77-82H,6-41H2,1-5H3,(H,64,73)(H,65,74)(H,66,75)(H,67,72)(H,68,76);3*1H4/t43?,44?,45?,46?,47?,48?,54-,55-,56-,57+,58+,59+,60-,61-,62-,63?;;;/m1.../s1. The molecule has 3 heterocycles. The Morgan fingerprint density at radius 3 is 0.989 bits per heavy atom. The van der Waals surface area contributed by atoms with E-state index in [4.69, 9.17) is 47.4 Å². The van der Waals surface area contributed by atoms with Crippen LogP contribution in [0.5, 0.6) is 0 Å². The molecule has 3 aliphatic heterocycles. The number of aliphatic hydroxyl groups excluding tert-OH is 9. The Kier molecular flexibility index (Phi) is 51.6. The number of unbranched alkanes of at least 4 members (excludes halogenated alkanes) is 9. The molecule has 14 N–H and O–H groups in total. The van der Waals surface area contributed by atoms with E-state index >= 15 is 0 Å². The summed E-state index contributed by atoms with van der Waals surface area (Å²) in [5.74, 6) is -2.88. The van der Waals surface area contributed by atoms with Gasteiger partial charge in [-0.3, -0.25) is 24.0 Å². The lowest BCUT2D eigenvalue weighted by molar-refractivity contribution is -0.282. The molecule has 29 nitrogen and oxygen atoms in total. The minimum atomic E-state index is -1.37. The summed E-state index contributed by atoms with van der Waals surface area (Å²) < 4.78 is 58.1. The first-order valence-corrected chi connectivity index (χ1v) is 33.6. The van der Waals surface area contributed by atoms with Crippen molar-refractivity contribution in [2.75, 3.05) is 112 Å². The molecule has 0 saturated carbocycles. The van der Waals surface area contributed by atoms with E-state index in [2.05, 4.69) is 26.6 Å². The van der Waals surface area contributed by atoms with Crippen LogP contribution in [-0.2, 0) is 71.3 Å². The minimum Gasteiger partial charge on any atom is -0.394 e. The van der Waals surface area contributed by atoms with Gasteiger partial charge in [-0.05, 0) is 65.2 Å². The monoisotopic (exact) mass is 1380 g/mol. The Morgan fingerprint density at radius 1 is 0.379 bits per heavy atom. The second kappa shape index (κ2) is 53.5. The zero-order valence-corrected chi connectivity index (χ0v) is 55.3. The van der Waals surface area contributed by atoms with Crippen LogP contribution in [0.15, 0.2) is 0 Å². The highest BCUT2D eigenvalue weighted by Gasteiger charge is 2.45. The smallest absolute Gasteiger partial charge is 0.222 e. The van der Waals surface area contributed by atoms with Crippen molar-refractivity contribution in [2.45, 2.75) is 264 Å². The van der Waals surface area contributed by atoms with Crippen LogP contribution < -0.4 is 26.6 Å². The summed E-state index contributed by atoms with van der Waals surface area (Å²) in [6.45, 7) is 10.1. The van der Waals surface area contributed by atoms with Crippen molar-refractivity contribution < 1.29 is 117 Å². The molecule has 6 unspecified atom stereocenters. The van der Waals surface area contributed by atoms with E-state index in [-0.39, 0.29) is 130 Å². The minimum absolute atomic E-state index is 0. The third-order valence-electron chi connectivity index (χ3n) is 16.5. The highest BCUT2D eigenvalue weighted by Crippen LogP contribution is 2.29. The zero-order valence-electron chi connectivity index (χ0n) is 55.3. The summed E-state index contributed by atoms with van der Waals surface area (Å²) in [6.07, 6.45) is -2.13. The molecule has 3 rings (SSSR count). The van der Waals surface area contributed by atoms with Crippen LogP contribution in [0.2, 0.25) is 0 Å². The lowest BCUT2D eigenvalue weighted by Crippen LogP contribution is -2.58. The molecular formula is C66H129N5O24. The summed E-state index contributed by atoms with van der Waals surface area (Å²) in [4.78, 5) is 65.3. The third kappa shape index (κ3) is 37.0. The molecule has 3 aliphatic rings. The predicted octanol–water partition coefficient (Wildman–Crippen LogP) is 1.38. The Bertz CT molecular complexity index is 1810. The average molecular weight is 1380 g/mol. The average Bonchev–Trinajstić information content (AvgIpc) is 0.864. The number of aliphatic hydroxyl groups is 9. The third-order valence-corrected chi connectivity index (χ3v) is 16.5. The van der Waals surface area contributed by atoms with Gasteiger partial charge >= 0.3 is 0 Å². The van der Waals surface area contributed by atoms with Crippen molar-refractivity contribution in [3.8, 4) is 0 Å². The van der Waals surface area contributed by atoms with Crippen LogP contribution in [-0.4, -0.2) is 273 Å². The predicted molar refractivity (Wildman–Crippen MR) is 353 cm³/mol. The fourth-order valence-corrected chi connectivity index (χ4v) is 10.5. The maximum Gasteiger partial charge on any atom is 0.222 e. The number of hydrogen-bond acceptors (Lipinski definition) is 24. The lowest BCUT2D eigenvalue weighted by atomic mass is 9.92. The van der Waals surface area contributed by atoms with Gasteiger partial charge in [0.05, 0.1) is 83.9 Å². The maximum atomic E-state index is 13.8.